The van der Waals surface area contributed by atoms with Crippen LogP contribution in [0, 0.1) is 0 Å². The quantitative estimate of drug-likeness (QED) is 0.387. The number of carbonyl (C=O) groups excluding carboxylic acids is 4. The first-order chi connectivity index (χ1) is 13.0. The molecule has 1 fully saturated rings. The Morgan fingerprint density at radius 1 is 1.00 bits per heavy atom. The van der Waals surface area contributed by atoms with Gasteiger partial charge in [0.1, 0.15) is 6.04 Å². The smallest absolute Gasteiger partial charge is 0.262 e. The third-order valence-electron chi connectivity index (χ3n) is 5.13. The van der Waals surface area contributed by atoms with Gasteiger partial charge in [0.05, 0.1) is 11.1 Å². The first kappa shape index (κ1) is 19.7. The first-order valence-corrected chi connectivity index (χ1v) is 10.6. The van der Waals surface area contributed by atoms with Gasteiger partial charge in [-0.05, 0) is 37.3 Å². The van der Waals surface area contributed by atoms with Gasteiger partial charge in [-0.1, -0.05) is 47.3 Å². The van der Waals surface area contributed by atoms with Gasteiger partial charge in [-0.2, -0.15) is 0 Å². The molecule has 144 valence electrons. The van der Waals surface area contributed by atoms with Gasteiger partial charge < -0.3 is 0 Å². The van der Waals surface area contributed by atoms with E-state index in [0.717, 1.165) is 47.9 Å². The zero-order chi connectivity index (χ0) is 19.4. The summed E-state index contributed by atoms with van der Waals surface area (Å²) in [5.41, 5.74) is 1.65. The molecule has 27 heavy (non-hydrogen) atoms. The lowest BCUT2D eigenvalue weighted by Crippen LogP contribution is -2.54. The molecule has 1 N–H and O–H groups in total. The highest BCUT2D eigenvalue weighted by atomic mass is 79.9. The number of rotatable bonds is 8. The van der Waals surface area contributed by atoms with Crippen LogP contribution in [0.1, 0.15) is 71.2 Å². The number of halogens is 1. The number of nitrogens with zero attached hydrogens (tertiary/aromatic N) is 1. The molecule has 1 atom stereocenters. The second kappa shape index (κ2) is 8.78. The highest BCUT2D eigenvalue weighted by molar-refractivity contribution is 9.09. The number of benzene rings is 1. The average molecular weight is 435 g/mol. The van der Waals surface area contributed by atoms with Crippen molar-refractivity contribution in [3.63, 3.8) is 0 Å². The summed E-state index contributed by atoms with van der Waals surface area (Å²) in [6.07, 6.45) is 6.57. The average Bonchev–Trinajstić information content (AvgIpc) is 2.90. The van der Waals surface area contributed by atoms with E-state index in [1.807, 2.05) is 6.07 Å². The molecule has 0 aromatic heterocycles. The third kappa shape index (κ3) is 4.13. The summed E-state index contributed by atoms with van der Waals surface area (Å²) in [5.74, 6) is -1.80. The monoisotopic (exact) mass is 434 g/mol. The van der Waals surface area contributed by atoms with E-state index in [1.54, 1.807) is 12.1 Å². The number of fused-ring (bicyclic) bond motifs is 1. The second-order valence-electron chi connectivity index (χ2n) is 6.99. The maximum Gasteiger partial charge on any atom is 0.262 e. The van der Waals surface area contributed by atoms with Crippen LogP contribution in [-0.2, 0) is 16.0 Å². The Bertz CT molecular complexity index is 777. The molecule has 0 aliphatic carbocycles. The first-order valence-electron chi connectivity index (χ1n) is 9.44. The van der Waals surface area contributed by atoms with Crippen LogP contribution in [0.2, 0.25) is 0 Å². The Kier molecular flexibility index (Phi) is 6.42. The van der Waals surface area contributed by atoms with Crippen molar-refractivity contribution >= 4 is 39.6 Å². The molecule has 0 spiro atoms. The minimum absolute atomic E-state index is 0.130. The topological polar surface area (TPSA) is 83.6 Å². The SMILES string of the molecule is O=C1CCC(N2C(=O)c3cccc(CCCCCCCBr)c3C2=O)C(=O)N1. The molecule has 1 unspecified atom stereocenters. The molecule has 7 heteroatoms. The Hall–Kier alpha value is -2.02. The van der Waals surface area contributed by atoms with Crippen molar-refractivity contribution < 1.29 is 19.2 Å². The normalized spacial score (nSPS) is 19.4. The number of alkyl halides is 1. The van der Waals surface area contributed by atoms with Crippen molar-refractivity contribution in [1.82, 2.24) is 10.2 Å². The van der Waals surface area contributed by atoms with Crippen molar-refractivity contribution in [1.29, 1.82) is 0 Å². The largest absolute Gasteiger partial charge is 0.295 e. The summed E-state index contributed by atoms with van der Waals surface area (Å²) in [5, 5.41) is 3.24. The number of amides is 4. The lowest BCUT2D eigenvalue weighted by molar-refractivity contribution is -0.136. The number of hydrogen-bond acceptors (Lipinski definition) is 4. The van der Waals surface area contributed by atoms with E-state index in [9.17, 15) is 19.2 Å². The fraction of sp³-hybridized carbons (Fsp3) is 0.500. The van der Waals surface area contributed by atoms with Crippen LogP contribution in [0.4, 0.5) is 0 Å². The molecule has 0 saturated carbocycles. The Morgan fingerprint density at radius 3 is 2.48 bits per heavy atom. The zero-order valence-electron chi connectivity index (χ0n) is 15.1. The number of hydrogen-bond donors (Lipinski definition) is 1. The number of carbonyl (C=O) groups is 4. The summed E-state index contributed by atoms with van der Waals surface area (Å²) >= 11 is 3.43. The second-order valence-corrected chi connectivity index (χ2v) is 7.79. The summed E-state index contributed by atoms with van der Waals surface area (Å²) < 4.78 is 0. The summed E-state index contributed by atoms with van der Waals surface area (Å²) in [6, 6.07) is 4.41. The van der Waals surface area contributed by atoms with Crippen LogP contribution in [0.25, 0.3) is 0 Å². The van der Waals surface area contributed by atoms with Gasteiger partial charge >= 0.3 is 0 Å². The molecule has 1 aromatic rings. The van der Waals surface area contributed by atoms with E-state index >= 15 is 0 Å². The van der Waals surface area contributed by atoms with E-state index in [4.69, 9.17) is 0 Å². The van der Waals surface area contributed by atoms with Crippen molar-refractivity contribution in [3.05, 3.63) is 34.9 Å². The minimum atomic E-state index is -0.910. The summed E-state index contributed by atoms with van der Waals surface area (Å²) in [7, 11) is 0. The molecular formula is C20H23BrN2O4. The lowest BCUT2D eigenvalue weighted by Gasteiger charge is -2.27. The van der Waals surface area contributed by atoms with E-state index in [0.29, 0.717) is 11.1 Å². The van der Waals surface area contributed by atoms with Crippen LogP contribution < -0.4 is 5.32 Å². The van der Waals surface area contributed by atoms with Crippen molar-refractivity contribution in [2.24, 2.45) is 0 Å². The molecule has 0 radical (unpaired) electrons. The molecule has 1 saturated heterocycles. The van der Waals surface area contributed by atoms with Gasteiger partial charge in [0.25, 0.3) is 11.8 Å². The maximum absolute atomic E-state index is 13.0. The van der Waals surface area contributed by atoms with Gasteiger partial charge in [0.2, 0.25) is 11.8 Å². The van der Waals surface area contributed by atoms with Crippen molar-refractivity contribution in [2.75, 3.05) is 5.33 Å². The summed E-state index contributed by atoms with van der Waals surface area (Å²) in [4.78, 5) is 50.3. The third-order valence-corrected chi connectivity index (χ3v) is 5.69. The van der Waals surface area contributed by atoms with Gasteiger partial charge in [-0.15, -0.1) is 0 Å². The molecular weight excluding hydrogens is 412 g/mol. The van der Waals surface area contributed by atoms with E-state index in [2.05, 4.69) is 21.2 Å². The maximum atomic E-state index is 13.0. The molecule has 2 aliphatic rings. The van der Waals surface area contributed by atoms with E-state index < -0.39 is 23.8 Å². The van der Waals surface area contributed by atoms with Gasteiger partial charge in [0.15, 0.2) is 0 Å². The van der Waals surface area contributed by atoms with Crippen LogP contribution >= 0.6 is 15.9 Å². The Balaban J connectivity index is 1.72. The van der Waals surface area contributed by atoms with Gasteiger partial charge in [0, 0.05) is 11.8 Å². The van der Waals surface area contributed by atoms with Crippen molar-refractivity contribution in [3.8, 4) is 0 Å². The standard InChI is InChI=1S/C20H23BrN2O4/c21-12-5-3-1-2-4-7-13-8-6-9-14-17(13)20(27)23(19(14)26)15-10-11-16(24)22-18(15)25/h6,8-9,15H,1-5,7,10-12H2,(H,22,24,25). The zero-order valence-corrected chi connectivity index (χ0v) is 16.7. The predicted octanol–water partition coefficient (Wildman–Crippen LogP) is 2.98. The van der Waals surface area contributed by atoms with Crippen molar-refractivity contribution in [2.45, 2.75) is 57.4 Å². The van der Waals surface area contributed by atoms with Crippen LogP contribution in [0.3, 0.4) is 0 Å². The number of unbranched alkanes of at least 4 members (excludes halogenated alkanes) is 4. The highest BCUT2D eigenvalue weighted by Gasteiger charge is 2.45. The Labute approximate surface area is 166 Å². The number of nitrogens with one attached hydrogen (secondary N) is 1. The molecule has 2 aliphatic heterocycles. The molecule has 3 rings (SSSR count). The van der Waals surface area contributed by atoms with Gasteiger partial charge in [-0.3, -0.25) is 29.4 Å². The van der Waals surface area contributed by atoms with Crippen LogP contribution in [0.15, 0.2) is 18.2 Å². The summed E-state index contributed by atoms with van der Waals surface area (Å²) in [6.45, 7) is 0. The lowest BCUT2D eigenvalue weighted by atomic mass is 9.97. The molecule has 2 heterocycles. The fourth-order valence-electron chi connectivity index (χ4n) is 3.73. The molecule has 1 aromatic carbocycles. The number of imide groups is 2. The Morgan fingerprint density at radius 2 is 1.74 bits per heavy atom. The molecule has 0 bridgehead atoms. The van der Waals surface area contributed by atoms with Gasteiger partial charge in [-0.25, -0.2) is 0 Å². The molecule has 6 nitrogen and oxygen atoms in total. The highest BCUT2D eigenvalue weighted by Crippen LogP contribution is 2.30. The van der Waals surface area contributed by atoms with E-state index in [1.165, 1.54) is 6.42 Å². The fourth-order valence-corrected chi connectivity index (χ4v) is 4.13. The van der Waals surface area contributed by atoms with Crippen LogP contribution in [0.5, 0.6) is 0 Å². The molecule has 4 amide bonds. The van der Waals surface area contributed by atoms with E-state index in [-0.39, 0.29) is 18.7 Å². The van der Waals surface area contributed by atoms with Crippen LogP contribution in [-0.4, -0.2) is 39.9 Å². The number of aryl methyl sites for hydroxylation is 1. The minimum Gasteiger partial charge on any atom is -0.295 e. The number of piperidine rings is 1. The predicted molar refractivity (Wildman–Crippen MR) is 104 cm³/mol.